The van der Waals surface area contributed by atoms with E-state index in [0.29, 0.717) is 0 Å². The Hall–Kier alpha value is -0.840. The third-order valence-electron chi connectivity index (χ3n) is 3.51. The Bertz CT molecular complexity index is 589. The van der Waals surface area contributed by atoms with E-state index in [0.717, 1.165) is 18.8 Å². The van der Waals surface area contributed by atoms with E-state index in [9.17, 15) is 0 Å². The number of thiophene rings is 1. The number of benzene rings is 1. The van der Waals surface area contributed by atoms with Crippen molar-refractivity contribution in [2.45, 2.75) is 19.4 Å². The van der Waals surface area contributed by atoms with Crippen molar-refractivity contribution in [2.75, 3.05) is 13.7 Å². The average Bonchev–Trinajstić information content (AvgIpc) is 2.99. The Kier molecular flexibility index (Phi) is 3.65. The number of rotatable bonds is 3. The summed E-state index contributed by atoms with van der Waals surface area (Å²) >= 11 is 5.39. The second-order valence-electron chi connectivity index (χ2n) is 4.76. The first-order valence-corrected chi connectivity index (χ1v) is 7.99. The summed E-state index contributed by atoms with van der Waals surface area (Å²) in [6.45, 7) is 2.93. The Balaban J connectivity index is 2.06. The largest absolute Gasteiger partial charge is 0.493 e. The first-order valence-electron chi connectivity index (χ1n) is 6.38. The van der Waals surface area contributed by atoms with E-state index in [1.54, 1.807) is 11.3 Å². The van der Waals surface area contributed by atoms with Crippen molar-refractivity contribution in [3.05, 3.63) is 49.6 Å². The lowest BCUT2D eigenvalue weighted by Gasteiger charge is -2.18. The molecule has 19 heavy (non-hydrogen) atoms. The molecule has 1 aromatic carbocycles. The van der Waals surface area contributed by atoms with Crippen molar-refractivity contribution >= 4 is 27.3 Å². The van der Waals surface area contributed by atoms with Gasteiger partial charge in [0.05, 0.1) is 16.4 Å². The van der Waals surface area contributed by atoms with Gasteiger partial charge in [-0.2, -0.15) is 0 Å². The molecule has 0 bridgehead atoms. The highest BCUT2D eigenvalue weighted by atomic mass is 79.9. The quantitative estimate of drug-likeness (QED) is 0.911. The Morgan fingerprint density at radius 3 is 2.95 bits per heavy atom. The van der Waals surface area contributed by atoms with Crippen LogP contribution >= 0.6 is 27.3 Å². The maximum absolute atomic E-state index is 5.82. The topological polar surface area (TPSA) is 21.3 Å². The molecule has 1 N–H and O–H groups in total. The molecular weight excluding hydrogens is 322 g/mol. The van der Waals surface area contributed by atoms with Gasteiger partial charge in [0.15, 0.2) is 0 Å². The number of hydrogen-bond donors (Lipinski definition) is 1. The lowest BCUT2D eigenvalue weighted by molar-refractivity contribution is 0.351. The van der Waals surface area contributed by atoms with E-state index in [1.165, 1.54) is 25.4 Å². The van der Waals surface area contributed by atoms with Gasteiger partial charge < -0.3 is 10.1 Å². The number of ether oxygens (including phenoxy) is 1. The minimum atomic E-state index is 0.197. The van der Waals surface area contributed by atoms with Crippen LogP contribution in [-0.4, -0.2) is 13.7 Å². The van der Waals surface area contributed by atoms with E-state index >= 15 is 0 Å². The predicted octanol–water partition coefficient (Wildman–Crippen LogP) is 4.06. The molecule has 1 aliphatic rings. The van der Waals surface area contributed by atoms with E-state index in [2.05, 4.69) is 52.4 Å². The van der Waals surface area contributed by atoms with Crippen LogP contribution in [-0.2, 0) is 6.42 Å². The molecule has 0 radical (unpaired) electrons. The Morgan fingerprint density at radius 1 is 1.42 bits per heavy atom. The number of halogens is 1. The maximum Gasteiger partial charge on any atom is 0.127 e. The highest BCUT2D eigenvalue weighted by Crippen LogP contribution is 2.39. The third kappa shape index (κ3) is 2.33. The van der Waals surface area contributed by atoms with Gasteiger partial charge in [-0.3, -0.25) is 0 Å². The zero-order valence-electron chi connectivity index (χ0n) is 11.0. The van der Waals surface area contributed by atoms with Crippen LogP contribution in [0.5, 0.6) is 5.75 Å². The number of fused-ring (bicyclic) bond motifs is 1. The summed E-state index contributed by atoms with van der Waals surface area (Å²) in [5.74, 6) is 1.07. The normalized spacial score (nSPS) is 15.1. The van der Waals surface area contributed by atoms with Crippen LogP contribution in [0.2, 0.25) is 0 Å². The fourth-order valence-electron chi connectivity index (χ4n) is 2.54. The van der Waals surface area contributed by atoms with Crippen LogP contribution < -0.4 is 10.1 Å². The van der Waals surface area contributed by atoms with Crippen LogP contribution in [0.1, 0.15) is 27.6 Å². The number of para-hydroxylation sites is 1. The van der Waals surface area contributed by atoms with Crippen LogP contribution in [0.4, 0.5) is 0 Å². The first-order chi connectivity index (χ1) is 9.20. The van der Waals surface area contributed by atoms with Crippen LogP contribution in [0.15, 0.2) is 28.1 Å². The molecule has 0 amide bonds. The summed E-state index contributed by atoms with van der Waals surface area (Å²) < 4.78 is 7.03. The molecule has 4 heteroatoms. The van der Waals surface area contributed by atoms with Crippen molar-refractivity contribution in [3.8, 4) is 5.75 Å². The minimum Gasteiger partial charge on any atom is -0.493 e. The van der Waals surface area contributed by atoms with Crippen LogP contribution in [0.25, 0.3) is 0 Å². The first kappa shape index (κ1) is 13.2. The second-order valence-corrected chi connectivity index (χ2v) is 7.16. The molecule has 100 valence electrons. The van der Waals surface area contributed by atoms with Gasteiger partial charge in [0, 0.05) is 16.9 Å². The van der Waals surface area contributed by atoms with E-state index in [1.807, 2.05) is 7.05 Å². The molecule has 0 saturated carbocycles. The maximum atomic E-state index is 5.82. The monoisotopic (exact) mass is 337 g/mol. The lowest BCUT2D eigenvalue weighted by Crippen LogP contribution is -2.17. The van der Waals surface area contributed by atoms with Crippen molar-refractivity contribution in [3.63, 3.8) is 0 Å². The molecule has 3 rings (SSSR count). The van der Waals surface area contributed by atoms with E-state index in [-0.39, 0.29) is 6.04 Å². The van der Waals surface area contributed by atoms with Gasteiger partial charge in [-0.1, -0.05) is 18.2 Å². The lowest BCUT2D eigenvalue weighted by atomic mass is 10.0. The summed E-state index contributed by atoms with van der Waals surface area (Å²) in [6, 6.07) is 8.89. The second kappa shape index (κ2) is 5.27. The van der Waals surface area contributed by atoms with Gasteiger partial charge in [0.25, 0.3) is 0 Å². The molecule has 0 fully saturated rings. The van der Waals surface area contributed by atoms with Gasteiger partial charge in [-0.05, 0) is 47.1 Å². The smallest absolute Gasteiger partial charge is 0.127 e. The SMILES string of the molecule is CNC(c1cc(C)c(Br)s1)c1cccc2c1OCC2. The summed E-state index contributed by atoms with van der Waals surface area (Å²) in [5, 5.41) is 3.41. The molecule has 1 aliphatic heterocycles. The average molecular weight is 338 g/mol. The van der Waals surface area contributed by atoms with Gasteiger partial charge >= 0.3 is 0 Å². The minimum absolute atomic E-state index is 0.197. The molecular formula is C15H16BrNOS. The van der Waals surface area contributed by atoms with Gasteiger partial charge in [0.2, 0.25) is 0 Å². The summed E-state index contributed by atoms with van der Waals surface area (Å²) in [6.07, 6.45) is 1.02. The van der Waals surface area contributed by atoms with Crippen molar-refractivity contribution in [1.29, 1.82) is 0 Å². The fraction of sp³-hybridized carbons (Fsp3) is 0.333. The molecule has 2 aromatic rings. The zero-order valence-corrected chi connectivity index (χ0v) is 13.4. The molecule has 0 saturated heterocycles. The fourth-order valence-corrected chi connectivity index (χ4v) is 4.25. The van der Waals surface area contributed by atoms with E-state index in [4.69, 9.17) is 4.74 Å². The number of aryl methyl sites for hydroxylation is 1. The van der Waals surface area contributed by atoms with Crippen molar-refractivity contribution < 1.29 is 4.74 Å². The highest BCUT2D eigenvalue weighted by Gasteiger charge is 2.23. The summed E-state index contributed by atoms with van der Waals surface area (Å²) in [7, 11) is 2.00. The van der Waals surface area contributed by atoms with Crippen molar-refractivity contribution in [2.24, 2.45) is 0 Å². The Labute approximate surface area is 125 Å². The van der Waals surface area contributed by atoms with Crippen LogP contribution in [0.3, 0.4) is 0 Å². The molecule has 2 nitrogen and oxygen atoms in total. The molecule has 1 aromatic heterocycles. The van der Waals surface area contributed by atoms with Crippen molar-refractivity contribution in [1.82, 2.24) is 5.32 Å². The molecule has 1 atom stereocenters. The zero-order chi connectivity index (χ0) is 13.4. The van der Waals surface area contributed by atoms with E-state index < -0.39 is 0 Å². The molecule has 1 unspecified atom stereocenters. The summed E-state index contributed by atoms with van der Waals surface area (Å²) in [4.78, 5) is 1.32. The van der Waals surface area contributed by atoms with Gasteiger partial charge in [-0.15, -0.1) is 11.3 Å². The number of nitrogens with one attached hydrogen (secondary N) is 1. The Morgan fingerprint density at radius 2 is 2.26 bits per heavy atom. The summed E-state index contributed by atoms with van der Waals surface area (Å²) in [5.41, 5.74) is 3.85. The molecule has 0 aliphatic carbocycles. The predicted molar refractivity (Wildman–Crippen MR) is 83.3 cm³/mol. The van der Waals surface area contributed by atoms with Gasteiger partial charge in [0.1, 0.15) is 5.75 Å². The van der Waals surface area contributed by atoms with Gasteiger partial charge in [-0.25, -0.2) is 0 Å². The molecule has 0 spiro atoms. The third-order valence-corrected chi connectivity index (χ3v) is 5.71. The van der Waals surface area contributed by atoms with Crippen LogP contribution in [0, 0.1) is 6.92 Å². The highest BCUT2D eigenvalue weighted by molar-refractivity contribution is 9.11. The number of hydrogen-bond acceptors (Lipinski definition) is 3. The molecule has 2 heterocycles. The standard InChI is InChI=1S/C15H16BrNOS/c1-9-8-12(19-15(9)16)13(17-2)11-5-3-4-10-6-7-18-14(10)11/h3-5,8,13,17H,6-7H2,1-2H3.